The maximum atomic E-state index is 11.8. The van der Waals surface area contributed by atoms with Gasteiger partial charge in [0.1, 0.15) is 0 Å². The van der Waals surface area contributed by atoms with E-state index in [0.29, 0.717) is 12.3 Å². The van der Waals surface area contributed by atoms with Crippen LogP contribution in [-0.2, 0) is 9.59 Å². The second-order valence-corrected chi connectivity index (χ2v) is 5.57. The summed E-state index contributed by atoms with van der Waals surface area (Å²) < 4.78 is 0. The molecule has 0 saturated carbocycles. The molecule has 1 saturated heterocycles. The molecule has 0 bridgehead atoms. The predicted molar refractivity (Wildman–Crippen MR) is 65.2 cm³/mol. The number of hydrogen-bond acceptors (Lipinski definition) is 4. The summed E-state index contributed by atoms with van der Waals surface area (Å²) in [5.74, 6) is 0.250. The summed E-state index contributed by atoms with van der Waals surface area (Å²) >= 11 is 1.28. The Morgan fingerprint density at radius 3 is 2.69 bits per heavy atom. The number of carbonyl (C=O) groups excluding carboxylic acids is 2. The van der Waals surface area contributed by atoms with Crippen molar-refractivity contribution in [2.45, 2.75) is 19.4 Å². The Morgan fingerprint density at radius 2 is 2.12 bits per heavy atom. The molecule has 3 N–H and O–H groups in total. The van der Waals surface area contributed by atoms with E-state index in [4.69, 9.17) is 5.73 Å². The molecule has 0 aliphatic carbocycles. The van der Waals surface area contributed by atoms with Gasteiger partial charge in [-0.05, 0) is 13.8 Å². The van der Waals surface area contributed by atoms with Crippen molar-refractivity contribution in [1.82, 2.24) is 10.2 Å². The van der Waals surface area contributed by atoms with Gasteiger partial charge in [0.05, 0.1) is 11.5 Å². The largest absolute Gasteiger partial charge is 0.369 e. The van der Waals surface area contributed by atoms with Crippen molar-refractivity contribution < 1.29 is 9.59 Å². The highest BCUT2D eigenvalue weighted by molar-refractivity contribution is 8.00. The number of primary amides is 1. The van der Waals surface area contributed by atoms with Crippen LogP contribution in [0.3, 0.4) is 0 Å². The topological polar surface area (TPSA) is 75.4 Å². The summed E-state index contributed by atoms with van der Waals surface area (Å²) in [6.45, 7) is 6.41. The van der Waals surface area contributed by atoms with E-state index in [1.807, 2.05) is 4.90 Å². The Kier molecular flexibility index (Phi) is 4.61. The van der Waals surface area contributed by atoms with Crippen LogP contribution < -0.4 is 11.1 Å². The molecule has 5 nitrogen and oxygen atoms in total. The molecule has 0 aromatic carbocycles. The summed E-state index contributed by atoms with van der Waals surface area (Å²) in [6.07, 6.45) is 0. The lowest BCUT2D eigenvalue weighted by Crippen LogP contribution is -2.58. The molecule has 1 heterocycles. The molecule has 0 aromatic rings. The maximum absolute atomic E-state index is 11.8. The zero-order valence-corrected chi connectivity index (χ0v) is 10.6. The van der Waals surface area contributed by atoms with E-state index in [1.165, 1.54) is 11.8 Å². The first-order valence-electron chi connectivity index (χ1n) is 5.29. The van der Waals surface area contributed by atoms with E-state index < -0.39 is 0 Å². The highest BCUT2D eigenvalue weighted by atomic mass is 32.2. The number of nitrogens with one attached hydrogen (secondary N) is 1. The van der Waals surface area contributed by atoms with Gasteiger partial charge in [0.2, 0.25) is 11.8 Å². The third-order valence-electron chi connectivity index (χ3n) is 2.39. The molecule has 16 heavy (non-hydrogen) atoms. The van der Waals surface area contributed by atoms with Gasteiger partial charge < -0.3 is 16.0 Å². The lowest BCUT2D eigenvalue weighted by atomic mass is 10.0. The van der Waals surface area contributed by atoms with Gasteiger partial charge in [-0.25, -0.2) is 0 Å². The monoisotopic (exact) mass is 245 g/mol. The highest BCUT2D eigenvalue weighted by Crippen LogP contribution is 2.12. The molecule has 1 aliphatic heterocycles. The van der Waals surface area contributed by atoms with E-state index in [-0.39, 0.29) is 23.1 Å². The fourth-order valence-corrected chi connectivity index (χ4v) is 2.34. The first-order valence-corrected chi connectivity index (χ1v) is 6.45. The minimum atomic E-state index is -0.376. The van der Waals surface area contributed by atoms with E-state index >= 15 is 0 Å². The number of thioether (sulfide) groups is 1. The van der Waals surface area contributed by atoms with Crippen LogP contribution in [0.5, 0.6) is 0 Å². The Hall–Kier alpha value is -0.750. The fourth-order valence-electron chi connectivity index (χ4n) is 1.68. The molecule has 0 radical (unpaired) electrons. The molecule has 6 heteroatoms. The zero-order chi connectivity index (χ0) is 12.2. The molecule has 0 spiro atoms. The van der Waals surface area contributed by atoms with Crippen molar-refractivity contribution in [3.8, 4) is 0 Å². The number of nitrogens with zero attached hydrogens (tertiary/aromatic N) is 1. The first-order chi connectivity index (χ1) is 7.41. The van der Waals surface area contributed by atoms with Crippen LogP contribution in [0.1, 0.15) is 13.8 Å². The standard InChI is InChI=1S/C10H19N3O2S/c1-10(2)7-13(4-3-12-10)9(15)6-16-5-8(11)14/h12H,3-7H2,1-2H3,(H2,11,14). The summed E-state index contributed by atoms with van der Waals surface area (Å²) in [5, 5.41) is 3.34. The van der Waals surface area contributed by atoms with Gasteiger partial charge in [-0.15, -0.1) is 11.8 Å². The molecule has 2 amide bonds. The Labute approximate surface area is 100 Å². The number of piperazine rings is 1. The van der Waals surface area contributed by atoms with Crippen molar-refractivity contribution in [1.29, 1.82) is 0 Å². The maximum Gasteiger partial charge on any atom is 0.232 e. The number of amides is 2. The molecule has 0 atom stereocenters. The van der Waals surface area contributed by atoms with Gasteiger partial charge in [0.25, 0.3) is 0 Å². The Morgan fingerprint density at radius 1 is 1.44 bits per heavy atom. The van der Waals surface area contributed by atoms with Crippen molar-refractivity contribution in [3.63, 3.8) is 0 Å². The van der Waals surface area contributed by atoms with E-state index in [1.54, 1.807) is 0 Å². The first kappa shape index (κ1) is 13.3. The molecule has 0 unspecified atom stereocenters. The van der Waals surface area contributed by atoms with Crippen LogP contribution in [0.15, 0.2) is 0 Å². The van der Waals surface area contributed by atoms with E-state index in [2.05, 4.69) is 19.2 Å². The van der Waals surface area contributed by atoms with E-state index in [0.717, 1.165) is 13.1 Å². The second-order valence-electron chi connectivity index (χ2n) is 4.59. The molecule has 1 aliphatic rings. The quantitative estimate of drug-likeness (QED) is 0.694. The van der Waals surface area contributed by atoms with Crippen LogP contribution >= 0.6 is 11.8 Å². The number of rotatable bonds is 4. The van der Waals surface area contributed by atoms with Gasteiger partial charge in [0, 0.05) is 25.2 Å². The van der Waals surface area contributed by atoms with Gasteiger partial charge in [-0.1, -0.05) is 0 Å². The van der Waals surface area contributed by atoms with Crippen molar-refractivity contribution in [2.75, 3.05) is 31.1 Å². The average molecular weight is 245 g/mol. The smallest absolute Gasteiger partial charge is 0.232 e. The lowest BCUT2D eigenvalue weighted by Gasteiger charge is -2.39. The molecule has 0 aromatic heterocycles. The van der Waals surface area contributed by atoms with E-state index in [9.17, 15) is 9.59 Å². The number of nitrogens with two attached hydrogens (primary N) is 1. The average Bonchev–Trinajstić information content (AvgIpc) is 2.15. The summed E-state index contributed by atoms with van der Waals surface area (Å²) in [7, 11) is 0. The Balaban J connectivity index is 2.33. The van der Waals surface area contributed by atoms with Crippen molar-refractivity contribution in [3.05, 3.63) is 0 Å². The number of carbonyl (C=O) groups is 2. The molecule has 1 fully saturated rings. The Bertz CT molecular complexity index is 281. The SMILES string of the molecule is CC1(C)CN(C(=O)CSCC(N)=O)CCN1. The van der Waals surface area contributed by atoms with Gasteiger partial charge >= 0.3 is 0 Å². The second kappa shape index (κ2) is 5.54. The summed E-state index contributed by atoms with van der Waals surface area (Å²) in [4.78, 5) is 24.2. The van der Waals surface area contributed by atoms with Gasteiger partial charge in [-0.3, -0.25) is 9.59 Å². The number of hydrogen-bond donors (Lipinski definition) is 2. The van der Waals surface area contributed by atoms with Crippen LogP contribution in [0.25, 0.3) is 0 Å². The van der Waals surface area contributed by atoms with Gasteiger partial charge in [0.15, 0.2) is 0 Å². The van der Waals surface area contributed by atoms with Crippen LogP contribution in [0.2, 0.25) is 0 Å². The minimum absolute atomic E-state index is 0.0255. The van der Waals surface area contributed by atoms with Crippen molar-refractivity contribution in [2.24, 2.45) is 5.73 Å². The molecule has 92 valence electrons. The fraction of sp³-hybridized carbons (Fsp3) is 0.800. The molecular formula is C10H19N3O2S. The molecule has 1 rings (SSSR count). The lowest BCUT2D eigenvalue weighted by molar-refractivity contribution is -0.130. The zero-order valence-electron chi connectivity index (χ0n) is 9.78. The minimum Gasteiger partial charge on any atom is -0.369 e. The summed E-state index contributed by atoms with van der Waals surface area (Å²) in [6, 6.07) is 0. The molecular weight excluding hydrogens is 226 g/mol. The van der Waals surface area contributed by atoms with Gasteiger partial charge in [-0.2, -0.15) is 0 Å². The normalized spacial score (nSPS) is 19.5. The van der Waals surface area contributed by atoms with Crippen LogP contribution in [0, 0.1) is 0 Å². The summed E-state index contributed by atoms with van der Waals surface area (Å²) in [5.41, 5.74) is 4.98. The van der Waals surface area contributed by atoms with Crippen molar-refractivity contribution >= 4 is 23.6 Å². The predicted octanol–water partition coefficient (Wildman–Crippen LogP) is -0.585. The third kappa shape index (κ3) is 4.40. The van der Waals surface area contributed by atoms with Crippen LogP contribution in [-0.4, -0.2) is 53.4 Å². The van der Waals surface area contributed by atoms with Crippen LogP contribution in [0.4, 0.5) is 0 Å². The third-order valence-corrected chi connectivity index (χ3v) is 3.33. The highest BCUT2D eigenvalue weighted by Gasteiger charge is 2.28.